The molecule has 0 bridgehead atoms. The maximum atomic E-state index is 12.1. The smallest absolute Gasteiger partial charge is 0.271 e. The first-order valence-corrected chi connectivity index (χ1v) is 6.32. The molecule has 0 saturated heterocycles. The molecule has 4 nitrogen and oxygen atoms in total. The number of carbonyl (C=O) groups is 1. The van der Waals surface area contributed by atoms with Gasteiger partial charge >= 0.3 is 0 Å². The number of amides is 1. The molecular formula is C15H13N3O. The third-order valence-corrected chi connectivity index (χ3v) is 3.60. The summed E-state index contributed by atoms with van der Waals surface area (Å²) in [7, 11) is 0. The number of benzene rings is 1. The van der Waals surface area contributed by atoms with Crippen LogP contribution in [0.1, 0.15) is 29.8 Å². The monoisotopic (exact) mass is 251 g/mol. The molecule has 1 saturated carbocycles. The Morgan fingerprint density at radius 2 is 2.05 bits per heavy atom. The topological polar surface area (TPSA) is 65.8 Å². The number of aromatic nitrogens is 1. The molecule has 1 amide bonds. The Hall–Kier alpha value is -2.41. The molecule has 1 aliphatic carbocycles. The number of rotatable bonds is 2. The standard InChI is InChI=1S/C15H13N3O/c16-10-15(8-3-9-15)18-14(19)13-7-6-11-4-1-2-5-12(11)17-13/h1-2,4-7H,3,8-9H2,(H,18,19). The van der Waals surface area contributed by atoms with Crippen LogP contribution >= 0.6 is 0 Å². The predicted octanol–water partition coefficient (Wildman–Crippen LogP) is 2.41. The third kappa shape index (κ3) is 2.04. The third-order valence-electron chi connectivity index (χ3n) is 3.60. The van der Waals surface area contributed by atoms with E-state index >= 15 is 0 Å². The van der Waals surface area contributed by atoms with Crippen molar-refractivity contribution in [3.05, 3.63) is 42.1 Å². The first-order valence-electron chi connectivity index (χ1n) is 6.32. The van der Waals surface area contributed by atoms with Crippen LogP contribution in [0.15, 0.2) is 36.4 Å². The van der Waals surface area contributed by atoms with Gasteiger partial charge in [0.1, 0.15) is 11.2 Å². The lowest BCUT2D eigenvalue weighted by molar-refractivity contribution is 0.0876. The number of nitrogens with zero attached hydrogens (tertiary/aromatic N) is 2. The van der Waals surface area contributed by atoms with Crippen LogP contribution in [-0.2, 0) is 0 Å². The lowest BCUT2D eigenvalue weighted by Crippen LogP contribution is -2.52. The van der Waals surface area contributed by atoms with Crippen LogP contribution in [0.25, 0.3) is 10.9 Å². The molecule has 3 rings (SSSR count). The molecule has 1 aliphatic rings. The highest BCUT2D eigenvalue weighted by Gasteiger charge is 2.38. The van der Waals surface area contributed by atoms with Crippen LogP contribution in [0.5, 0.6) is 0 Å². The number of pyridine rings is 1. The summed E-state index contributed by atoms with van der Waals surface area (Å²) >= 11 is 0. The van der Waals surface area contributed by atoms with Crippen molar-refractivity contribution in [3.63, 3.8) is 0 Å². The Balaban J connectivity index is 1.88. The summed E-state index contributed by atoms with van der Waals surface area (Å²) in [5, 5.41) is 12.9. The van der Waals surface area contributed by atoms with E-state index in [1.807, 2.05) is 30.3 Å². The number of nitriles is 1. The van der Waals surface area contributed by atoms with Gasteiger partial charge in [0.05, 0.1) is 11.6 Å². The maximum absolute atomic E-state index is 12.1. The van der Waals surface area contributed by atoms with Crippen molar-refractivity contribution in [1.29, 1.82) is 5.26 Å². The van der Waals surface area contributed by atoms with E-state index < -0.39 is 5.54 Å². The van der Waals surface area contributed by atoms with Crippen molar-refractivity contribution in [2.24, 2.45) is 0 Å². The number of fused-ring (bicyclic) bond motifs is 1. The minimum Gasteiger partial charge on any atom is -0.332 e. The second-order valence-corrected chi connectivity index (χ2v) is 4.89. The average molecular weight is 251 g/mol. The average Bonchev–Trinajstić information content (AvgIpc) is 2.42. The molecule has 1 heterocycles. The first kappa shape index (κ1) is 11.7. The van der Waals surface area contributed by atoms with Gasteiger partial charge in [-0.2, -0.15) is 5.26 Å². The Morgan fingerprint density at radius 1 is 1.26 bits per heavy atom. The van der Waals surface area contributed by atoms with E-state index in [-0.39, 0.29) is 5.91 Å². The van der Waals surface area contributed by atoms with Gasteiger partial charge in [-0.25, -0.2) is 4.98 Å². The minimum absolute atomic E-state index is 0.271. The largest absolute Gasteiger partial charge is 0.332 e. The zero-order chi connectivity index (χ0) is 13.3. The summed E-state index contributed by atoms with van der Waals surface area (Å²) in [6.07, 6.45) is 2.44. The lowest BCUT2D eigenvalue weighted by Gasteiger charge is -2.35. The highest BCUT2D eigenvalue weighted by Crippen LogP contribution is 2.31. The van der Waals surface area contributed by atoms with E-state index in [1.54, 1.807) is 6.07 Å². The fourth-order valence-electron chi connectivity index (χ4n) is 2.27. The minimum atomic E-state index is -0.676. The van der Waals surface area contributed by atoms with Gasteiger partial charge < -0.3 is 5.32 Å². The van der Waals surface area contributed by atoms with Crippen LogP contribution in [-0.4, -0.2) is 16.4 Å². The van der Waals surface area contributed by atoms with Gasteiger partial charge in [0, 0.05) is 5.39 Å². The maximum Gasteiger partial charge on any atom is 0.271 e. The molecule has 1 fully saturated rings. The number of hydrogen-bond donors (Lipinski definition) is 1. The molecule has 1 aromatic carbocycles. The molecule has 1 N–H and O–H groups in total. The van der Waals surface area contributed by atoms with Crippen LogP contribution in [0.3, 0.4) is 0 Å². The normalized spacial score (nSPS) is 16.4. The summed E-state index contributed by atoms with van der Waals surface area (Å²) in [5.41, 5.74) is 0.472. The molecule has 0 atom stereocenters. The van der Waals surface area contributed by atoms with Crippen molar-refractivity contribution in [2.45, 2.75) is 24.8 Å². The highest BCUT2D eigenvalue weighted by atomic mass is 16.2. The SMILES string of the molecule is N#CC1(NC(=O)c2ccc3ccccc3n2)CCC1. The van der Waals surface area contributed by atoms with Gasteiger partial charge in [-0.3, -0.25) is 4.79 Å². The Bertz CT molecular complexity index is 683. The zero-order valence-corrected chi connectivity index (χ0v) is 10.4. The highest BCUT2D eigenvalue weighted by molar-refractivity contribution is 5.95. The molecule has 4 heteroatoms. The Morgan fingerprint density at radius 3 is 2.74 bits per heavy atom. The second kappa shape index (κ2) is 4.36. The first-order chi connectivity index (χ1) is 9.22. The van der Waals surface area contributed by atoms with Crippen LogP contribution in [0.2, 0.25) is 0 Å². The number of nitrogens with one attached hydrogen (secondary N) is 1. The number of para-hydroxylation sites is 1. The van der Waals surface area contributed by atoms with Crippen LogP contribution in [0, 0.1) is 11.3 Å². The van der Waals surface area contributed by atoms with Crippen molar-refractivity contribution in [2.75, 3.05) is 0 Å². The summed E-state index contributed by atoms with van der Waals surface area (Å²) in [4.78, 5) is 16.5. The lowest BCUT2D eigenvalue weighted by atomic mass is 9.78. The van der Waals surface area contributed by atoms with E-state index in [4.69, 9.17) is 5.26 Å². The summed E-state index contributed by atoms with van der Waals surface area (Å²) in [6.45, 7) is 0. The van der Waals surface area contributed by atoms with Crippen molar-refractivity contribution in [1.82, 2.24) is 10.3 Å². The molecule has 0 spiro atoms. The van der Waals surface area contributed by atoms with Crippen LogP contribution in [0.4, 0.5) is 0 Å². The van der Waals surface area contributed by atoms with Crippen molar-refractivity contribution < 1.29 is 4.79 Å². The Labute approximate surface area is 111 Å². The second-order valence-electron chi connectivity index (χ2n) is 4.89. The van der Waals surface area contributed by atoms with Gasteiger partial charge in [0.25, 0.3) is 5.91 Å². The predicted molar refractivity (Wildman–Crippen MR) is 71.4 cm³/mol. The fourth-order valence-corrected chi connectivity index (χ4v) is 2.27. The number of hydrogen-bond acceptors (Lipinski definition) is 3. The number of carbonyl (C=O) groups excluding carboxylic acids is 1. The van der Waals surface area contributed by atoms with Crippen molar-refractivity contribution >= 4 is 16.8 Å². The van der Waals surface area contributed by atoms with Gasteiger partial charge in [-0.15, -0.1) is 0 Å². The van der Waals surface area contributed by atoms with E-state index in [2.05, 4.69) is 16.4 Å². The van der Waals surface area contributed by atoms with Crippen molar-refractivity contribution in [3.8, 4) is 6.07 Å². The molecule has 0 aliphatic heterocycles. The molecule has 0 unspecified atom stereocenters. The van der Waals surface area contributed by atoms with Gasteiger partial charge in [-0.05, 0) is 31.4 Å². The molecule has 1 aromatic heterocycles. The zero-order valence-electron chi connectivity index (χ0n) is 10.4. The molecule has 19 heavy (non-hydrogen) atoms. The van der Waals surface area contributed by atoms with E-state index in [0.717, 1.165) is 30.2 Å². The van der Waals surface area contributed by atoms with Gasteiger partial charge in [-0.1, -0.05) is 24.3 Å². The van der Waals surface area contributed by atoms with Crippen LogP contribution < -0.4 is 5.32 Å². The summed E-state index contributed by atoms with van der Waals surface area (Å²) < 4.78 is 0. The summed E-state index contributed by atoms with van der Waals surface area (Å²) in [5.74, 6) is -0.271. The van der Waals surface area contributed by atoms with E-state index in [0.29, 0.717) is 5.69 Å². The quantitative estimate of drug-likeness (QED) is 0.891. The molecular weight excluding hydrogens is 238 g/mol. The molecule has 2 aromatic rings. The molecule has 0 radical (unpaired) electrons. The van der Waals surface area contributed by atoms with E-state index in [1.165, 1.54) is 0 Å². The Kier molecular flexibility index (Phi) is 2.68. The van der Waals surface area contributed by atoms with E-state index in [9.17, 15) is 4.79 Å². The summed E-state index contributed by atoms with van der Waals surface area (Å²) in [6, 6.07) is 13.4. The van der Waals surface area contributed by atoms with Gasteiger partial charge in [0.2, 0.25) is 0 Å². The molecule has 94 valence electrons. The fraction of sp³-hybridized carbons (Fsp3) is 0.267. The van der Waals surface area contributed by atoms with Gasteiger partial charge in [0.15, 0.2) is 0 Å².